The van der Waals surface area contributed by atoms with Gasteiger partial charge in [-0.15, -0.1) is 30.6 Å². The minimum absolute atomic E-state index is 0. The molecule has 26 nitrogen and oxygen atoms in total. The van der Waals surface area contributed by atoms with Crippen molar-refractivity contribution in [2.24, 2.45) is 0 Å². The normalized spacial score (nSPS) is 13.6. The van der Waals surface area contributed by atoms with Gasteiger partial charge in [-0.2, -0.15) is 4.31 Å². The molecule has 1 saturated carbocycles. The monoisotopic (exact) mass is 1340 g/mol. The first-order chi connectivity index (χ1) is 44.7. The summed E-state index contributed by atoms with van der Waals surface area (Å²) in [5.74, 6) is -0.480. The third kappa shape index (κ3) is 16.1. The van der Waals surface area contributed by atoms with Crippen molar-refractivity contribution in [1.29, 1.82) is 0 Å². The number of carbonyl (C=O) groups excluding carboxylic acids is 2. The molecular formula is C65H78N14O12S3. The van der Waals surface area contributed by atoms with Gasteiger partial charge in [0, 0.05) is 57.2 Å². The van der Waals surface area contributed by atoms with Crippen LogP contribution in [0.4, 0.5) is 0 Å². The van der Waals surface area contributed by atoms with Gasteiger partial charge in [0.25, 0.3) is 17.7 Å². The molecule has 1 amide bonds. The summed E-state index contributed by atoms with van der Waals surface area (Å²) in [4.78, 5) is 52.6. The van der Waals surface area contributed by atoms with Crippen LogP contribution in [0.15, 0.2) is 150 Å². The molecule has 3 N–H and O–H groups in total. The molecule has 0 radical (unpaired) electrons. The average Bonchev–Trinajstić information content (AvgIpc) is 1.29. The number of nitrogens with zero attached hydrogens (tertiary/aromatic N) is 13. The van der Waals surface area contributed by atoms with E-state index in [9.17, 15) is 30.6 Å². The molecule has 1 aliphatic heterocycles. The molecule has 1 atom stereocenters. The molecule has 2 fully saturated rings. The number of esters is 1. The first-order valence-corrected chi connectivity index (χ1v) is 34.4. The highest BCUT2D eigenvalue weighted by atomic mass is 32.2. The third-order valence-electron chi connectivity index (χ3n) is 15.1. The number of carbonyl (C=O) groups is 2. The van der Waals surface area contributed by atoms with Crippen LogP contribution in [-0.2, 0) is 35.4 Å². The van der Waals surface area contributed by atoms with Gasteiger partial charge in [-0.05, 0) is 109 Å². The minimum Gasteiger partial charge on any atom is -0.459 e. The van der Waals surface area contributed by atoms with E-state index in [-0.39, 0.29) is 67.6 Å². The number of ether oxygens (including phenoxy) is 1. The minimum atomic E-state index is -3.42. The molecule has 6 aromatic heterocycles. The van der Waals surface area contributed by atoms with E-state index >= 15 is 0 Å². The predicted octanol–water partition coefficient (Wildman–Crippen LogP) is 11.1. The van der Waals surface area contributed by atoms with Crippen molar-refractivity contribution < 1.29 is 59.8 Å². The van der Waals surface area contributed by atoms with E-state index in [2.05, 4.69) is 65.8 Å². The van der Waals surface area contributed by atoms with Gasteiger partial charge in [0.05, 0.1) is 85.2 Å². The highest BCUT2D eigenvalue weighted by Crippen LogP contribution is 2.31. The van der Waals surface area contributed by atoms with Gasteiger partial charge in [0.1, 0.15) is 17.1 Å². The number of hydrogen-bond acceptors (Lipinski definition) is 23. The van der Waals surface area contributed by atoms with Gasteiger partial charge in [-0.25, -0.2) is 36.6 Å². The summed E-state index contributed by atoms with van der Waals surface area (Å²) < 4.78 is 85.4. The van der Waals surface area contributed by atoms with E-state index in [0.29, 0.717) is 82.4 Å². The summed E-state index contributed by atoms with van der Waals surface area (Å²) in [6.45, 7) is 15.9. The highest BCUT2D eigenvalue weighted by Gasteiger charge is 2.30. The maximum Gasteiger partial charge on any atom is 0.396 e. The van der Waals surface area contributed by atoms with Gasteiger partial charge in [-0.3, -0.25) is 24.0 Å². The number of aryl methyl sites for hydroxylation is 3. The van der Waals surface area contributed by atoms with Crippen molar-refractivity contribution in [3.05, 3.63) is 151 Å². The fourth-order valence-corrected chi connectivity index (χ4v) is 13.0. The van der Waals surface area contributed by atoms with Crippen LogP contribution < -0.4 is 5.32 Å². The predicted molar refractivity (Wildman–Crippen MR) is 356 cm³/mol. The van der Waals surface area contributed by atoms with Crippen LogP contribution in [0, 0.1) is 20.8 Å². The van der Waals surface area contributed by atoms with Crippen LogP contribution >= 0.6 is 0 Å². The van der Waals surface area contributed by atoms with Crippen LogP contribution in [-0.4, -0.2) is 139 Å². The zero-order valence-corrected chi connectivity index (χ0v) is 55.3. The maximum atomic E-state index is 12.5. The molecule has 1 aliphatic carbocycles. The number of sulfonamides is 1. The Labute approximate surface area is 551 Å². The molecule has 10 aromatic rings. The van der Waals surface area contributed by atoms with E-state index in [1.165, 1.54) is 4.31 Å². The maximum absolute atomic E-state index is 12.5. The van der Waals surface area contributed by atoms with E-state index in [1.54, 1.807) is 94.8 Å². The Bertz CT molecular complexity index is 4540. The molecule has 498 valence electrons. The summed E-state index contributed by atoms with van der Waals surface area (Å²) in [5, 5.41) is 26.3. The van der Waals surface area contributed by atoms with Crippen molar-refractivity contribution in [1.82, 2.24) is 70.1 Å². The second-order valence-electron chi connectivity index (χ2n) is 22.4. The summed E-state index contributed by atoms with van der Waals surface area (Å²) in [6.07, 6.45) is 11.6. The van der Waals surface area contributed by atoms with Gasteiger partial charge in [0.15, 0.2) is 9.84 Å². The molecule has 0 spiro atoms. The fourth-order valence-electron chi connectivity index (χ4n) is 9.48. The molecule has 7 heterocycles. The molecule has 94 heavy (non-hydrogen) atoms. The number of aromatic nitrogens is 12. The van der Waals surface area contributed by atoms with Gasteiger partial charge in [-0.1, -0.05) is 94.6 Å². The molecular weight excluding hydrogens is 1270 g/mol. The van der Waals surface area contributed by atoms with E-state index in [0.717, 1.165) is 66.5 Å². The number of amides is 1. The molecule has 29 heteroatoms. The quantitative estimate of drug-likeness (QED) is 0.0580. The number of nitrogens with one attached hydrogen (secondary N) is 1. The zero-order chi connectivity index (χ0) is 66.0. The number of sulfone groups is 1. The highest BCUT2D eigenvalue weighted by molar-refractivity contribution is 7.92. The fraction of sp³-hybridized carbons (Fsp3) is 0.323. The van der Waals surface area contributed by atoms with Crippen LogP contribution in [0.2, 0.25) is 0 Å². The summed E-state index contributed by atoms with van der Waals surface area (Å²) in [6, 6.07) is 30.2. The van der Waals surface area contributed by atoms with E-state index in [4.69, 9.17) is 18.0 Å². The first-order valence-electron chi connectivity index (χ1n) is 30.2. The zero-order valence-electron chi connectivity index (χ0n) is 52.9. The van der Waals surface area contributed by atoms with Gasteiger partial charge >= 0.3 is 23.7 Å². The summed E-state index contributed by atoms with van der Waals surface area (Å²) in [5.41, 5.74) is 7.85. The van der Waals surface area contributed by atoms with Crippen LogP contribution in [0.1, 0.15) is 124 Å². The van der Waals surface area contributed by atoms with Crippen molar-refractivity contribution in [2.75, 3.05) is 19.7 Å². The Morgan fingerprint density at radius 1 is 0.596 bits per heavy atom. The lowest BCUT2D eigenvalue weighted by Crippen LogP contribution is -2.41. The average molecular weight is 1340 g/mol. The Morgan fingerprint density at radius 3 is 1.53 bits per heavy atom. The van der Waals surface area contributed by atoms with Crippen molar-refractivity contribution in [3.63, 3.8) is 0 Å². The Hall–Kier alpha value is -9.55. The van der Waals surface area contributed by atoms with Crippen LogP contribution in [0.3, 0.4) is 0 Å². The SMILES string of the molecule is CCCCOC(=O)c1nnc(-c2nc(-c3ccc(S(=O)C(C)C)cc3)cnc2C)o1.Cc1ncc(-c2ccc(S(=O)(=O)C(C)C)cc2)nc1-c1nnc(C(=O)NC2CCCC2)o1.Cc1ncc(-c2ccc(S(=O)(=O)N3CCC3)cc2)nc1-c1nnc(-c2ccccc2)o1.O.[HH].[HH].[HH].[HH]. The number of rotatable bonds is 19. The van der Waals surface area contributed by atoms with Crippen molar-refractivity contribution >= 4 is 42.5 Å². The summed E-state index contributed by atoms with van der Waals surface area (Å²) >= 11 is 0. The summed E-state index contributed by atoms with van der Waals surface area (Å²) in [7, 11) is -7.83. The van der Waals surface area contributed by atoms with Crippen LogP contribution in [0.25, 0.3) is 80.0 Å². The number of benzene rings is 4. The largest absolute Gasteiger partial charge is 0.459 e. The van der Waals surface area contributed by atoms with E-state index in [1.807, 2.05) is 82.3 Å². The molecule has 4 aromatic carbocycles. The molecule has 2 aliphatic rings. The third-order valence-corrected chi connectivity index (χ3v) is 20.7. The molecule has 1 unspecified atom stereocenters. The standard InChI is InChI=1S/C22H25N5O4S.C22H19N5O3S.C21H24N4O4S.H2O.4H2/c1-13(2)32(29,30)17-10-8-15(9-11-17)18-12-23-14(3)19(25-18)21-26-27-22(31-21)20(28)24-16-6-4-5-7-16;1-15-20(22-26-25-21(30-22)17-6-3-2-4-7-17)24-19(14-23-15)16-8-10-18(11-9-16)31(28,29)27-12-5-13-27;1-5-6-11-28-21(26)20-25-24-19(29-20)18-14(4)22-12-17(23-18)15-7-9-16(10-8-15)30(27)13(2)3;;;;;/h8-13,16H,4-7H2,1-3H3,(H,24,28);2-4,6-11,14H,5,12-13H2,1H3;7-10,12-13H,5-6,11H2,1-4H3;1H2;4*1H. The van der Waals surface area contributed by atoms with E-state index < -0.39 is 41.9 Å². The van der Waals surface area contributed by atoms with Crippen molar-refractivity contribution in [3.8, 4) is 80.0 Å². The second kappa shape index (κ2) is 30.5. The Morgan fingerprint density at radius 2 is 1.05 bits per heavy atom. The molecule has 0 bridgehead atoms. The van der Waals surface area contributed by atoms with Crippen LogP contribution in [0.5, 0.6) is 0 Å². The Balaban J connectivity index is 0.000000259. The topological polar surface area (TPSA) is 370 Å². The lowest BCUT2D eigenvalue weighted by atomic mass is 10.1. The van der Waals surface area contributed by atoms with Gasteiger partial charge < -0.3 is 28.8 Å². The van der Waals surface area contributed by atoms with Crippen molar-refractivity contribution in [2.45, 2.75) is 132 Å². The Kier molecular flexibility index (Phi) is 22.3. The lowest BCUT2D eigenvalue weighted by Gasteiger charge is -2.29. The smallest absolute Gasteiger partial charge is 0.396 e. The second-order valence-corrected chi connectivity index (χ2v) is 28.8. The van der Waals surface area contributed by atoms with Gasteiger partial charge in [0.2, 0.25) is 15.9 Å². The lowest BCUT2D eigenvalue weighted by molar-refractivity contribution is 0.0454. The molecule has 1 saturated heterocycles. The number of hydrogen-bond donors (Lipinski definition) is 1. The molecule has 12 rings (SSSR count). The number of unbranched alkanes of at least 4 members (excludes halogenated alkanes) is 1. The first kappa shape index (κ1) is 68.8.